The van der Waals surface area contributed by atoms with Crippen molar-refractivity contribution < 1.29 is 8.81 Å². The molecule has 2 heterocycles. The number of halogens is 1. The van der Waals surface area contributed by atoms with Crippen molar-refractivity contribution >= 4 is 6.01 Å². The Morgan fingerprint density at radius 1 is 1.36 bits per heavy atom. The van der Waals surface area contributed by atoms with E-state index in [9.17, 15) is 4.39 Å². The highest BCUT2D eigenvalue weighted by molar-refractivity contribution is 5.53. The summed E-state index contributed by atoms with van der Waals surface area (Å²) in [6, 6.07) is 3.41. The largest absolute Gasteiger partial charge is 0.432 e. The zero-order chi connectivity index (χ0) is 9.97. The second-order valence-corrected chi connectivity index (χ2v) is 2.76. The highest BCUT2D eigenvalue weighted by atomic mass is 19.1. The van der Waals surface area contributed by atoms with Crippen molar-refractivity contribution in [2.24, 2.45) is 0 Å². The Bertz CT molecular complexity index is 424. The van der Waals surface area contributed by atoms with Crippen LogP contribution in [0.3, 0.4) is 0 Å². The summed E-state index contributed by atoms with van der Waals surface area (Å²) in [7, 11) is 0. The molecule has 2 rings (SSSR count). The van der Waals surface area contributed by atoms with Gasteiger partial charge in [-0.15, -0.1) is 0 Å². The van der Waals surface area contributed by atoms with E-state index >= 15 is 0 Å². The molecule has 0 fully saturated rings. The smallest absolute Gasteiger partial charge is 0.292 e. The summed E-state index contributed by atoms with van der Waals surface area (Å²) in [5, 5.41) is 0. The molecule has 2 aromatic heterocycles. The van der Waals surface area contributed by atoms with Crippen molar-refractivity contribution in [1.82, 2.24) is 9.97 Å². The molecule has 0 saturated carbocycles. The van der Waals surface area contributed by atoms with Crippen molar-refractivity contribution in [3.05, 3.63) is 30.2 Å². The van der Waals surface area contributed by atoms with Gasteiger partial charge in [0.25, 0.3) is 6.01 Å². The summed E-state index contributed by atoms with van der Waals surface area (Å²) in [4.78, 5) is 7.91. The van der Waals surface area contributed by atoms with Gasteiger partial charge in [-0.1, -0.05) is 6.07 Å². The van der Waals surface area contributed by atoms with Crippen molar-refractivity contribution in [2.45, 2.75) is 6.67 Å². The first-order chi connectivity index (χ1) is 6.79. The molecule has 0 spiro atoms. The minimum Gasteiger partial charge on any atom is -0.432 e. The van der Waals surface area contributed by atoms with Crippen LogP contribution in [0.4, 0.5) is 10.4 Å². The first kappa shape index (κ1) is 8.68. The van der Waals surface area contributed by atoms with Crippen LogP contribution in [0.15, 0.2) is 29.0 Å². The Kier molecular flexibility index (Phi) is 2.14. The third-order valence-electron chi connectivity index (χ3n) is 1.76. The molecule has 0 aliphatic carbocycles. The minimum absolute atomic E-state index is 0.0939. The topological polar surface area (TPSA) is 64.9 Å². The highest BCUT2D eigenvalue weighted by Crippen LogP contribution is 2.17. The van der Waals surface area contributed by atoms with E-state index in [0.29, 0.717) is 17.0 Å². The monoisotopic (exact) mass is 193 g/mol. The van der Waals surface area contributed by atoms with Crippen molar-refractivity contribution in [3.8, 4) is 11.4 Å². The Labute approximate surface area is 79.6 Å². The molecule has 72 valence electrons. The maximum atomic E-state index is 12.2. The van der Waals surface area contributed by atoms with Gasteiger partial charge in [-0.05, 0) is 6.07 Å². The van der Waals surface area contributed by atoms with E-state index in [1.165, 1.54) is 12.5 Å². The van der Waals surface area contributed by atoms with E-state index in [1.807, 2.05) is 0 Å². The first-order valence-electron chi connectivity index (χ1n) is 4.02. The second kappa shape index (κ2) is 3.45. The molecule has 14 heavy (non-hydrogen) atoms. The van der Waals surface area contributed by atoms with Gasteiger partial charge in [0, 0.05) is 11.8 Å². The van der Waals surface area contributed by atoms with E-state index < -0.39 is 6.67 Å². The molecule has 0 aromatic carbocycles. The number of oxazole rings is 1. The third-order valence-corrected chi connectivity index (χ3v) is 1.76. The number of nitrogens with zero attached hydrogens (tertiary/aromatic N) is 2. The zero-order valence-electron chi connectivity index (χ0n) is 7.27. The number of nitrogens with two attached hydrogens (primary N) is 1. The summed E-state index contributed by atoms with van der Waals surface area (Å²) in [6.45, 7) is -0.520. The average Bonchev–Trinajstić information content (AvgIpc) is 2.65. The van der Waals surface area contributed by atoms with Gasteiger partial charge in [0.15, 0.2) is 0 Å². The van der Waals surface area contributed by atoms with E-state index in [1.54, 1.807) is 12.1 Å². The van der Waals surface area contributed by atoms with Crippen molar-refractivity contribution in [1.29, 1.82) is 0 Å². The first-order valence-corrected chi connectivity index (χ1v) is 4.02. The van der Waals surface area contributed by atoms with Crippen LogP contribution >= 0.6 is 0 Å². The molecule has 0 unspecified atom stereocenters. The number of pyridine rings is 1. The zero-order valence-corrected chi connectivity index (χ0v) is 7.27. The van der Waals surface area contributed by atoms with Crippen LogP contribution in [0, 0.1) is 0 Å². The van der Waals surface area contributed by atoms with E-state index in [2.05, 4.69) is 9.97 Å². The Hall–Kier alpha value is -1.91. The van der Waals surface area contributed by atoms with Crippen molar-refractivity contribution in [3.63, 3.8) is 0 Å². The lowest BCUT2D eigenvalue weighted by molar-refractivity contribution is 0.484. The molecule has 0 atom stereocenters. The van der Waals surface area contributed by atoms with Gasteiger partial charge >= 0.3 is 0 Å². The average molecular weight is 193 g/mol. The number of anilines is 1. The molecule has 5 heteroatoms. The number of rotatable bonds is 2. The number of nitrogen functional groups attached to an aromatic ring is 1. The quantitative estimate of drug-likeness (QED) is 0.789. The molecular formula is C9H8FN3O. The highest BCUT2D eigenvalue weighted by Gasteiger charge is 2.04. The van der Waals surface area contributed by atoms with Crippen LogP contribution in [0.25, 0.3) is 11.4 Å². The SMILES string of the molecule is Nc1nc(-c2ccc(CF)cn2)co1. The van der Waals surface area contributed by atoms with E-state index in [0.717, 1.165) is 0 Å². The molecule has 0 amide bonds. The summed E-state index contributed by atoms with van der Waals surface area (Å²) in [6.07, 6.45) is 2.87. The number of aromatic nitrogens is 2. The van der Waals surface area contributed by atoms with Gasteiger partial charge in [-0.2, -0.15) is 4.98 Å². The summed E-state index contributed by atoms with van der Waals surface area (Å²) in [5.41, 5.74) is 7.00. The van der Waals surface area contributed by atoms with Crippen LogP contribution in [0.1, 0.15) is 5.56 Å². The van der Waals surface area contributed by atoms with Crippen LogP contribution in [0.2, 0.25) is 0 Å². The normalized spacial score (nSPS) is 10.4. The number of hydrogen-bond acceptors (Lipinski definition) is 4. The molecule has 2 N–H and O–H groups in total. The summed E-state index contributed by atoms with van der Waals surface area (Å²) in [5.74, 6) is 0. The van der Waals surface area contributed by atoms with Gasteiger partial charge in [-0.25, -0.2) is 4.39 Å². The van der Waals surface area contributed by atoms with Crippen LogP contribution in [-0.2, 0) is 6.67 Å². The number of hydrogen-bond donors (Lipinski definition) is 1. The standard InChI is InChI=1S/C9H8FN3O/c10-3-6-1-2-7(12-4-6)8-5-14-9(11)13-8/h1-2,4-5H,3H2,(H2,11,13). The molecule has 0 saturated heterocycles. The summed E-state index contributed by atoms with van der Waals surface area (Å²) < 4.78 is 17.0. The number of alkyl halides is 1. The van der Waals surface area contributed by atoms with Crippen LogP contribution < -0.4 is 5.73 Å². The predicted molar refractivity (Wildman–Crippen MR) is 49.0 cm³/mol. The van der Waals surface area contributed by atoms with E-state index in [-0.39, 0.29) is 6.01 Å². The fourth-order valence-electron chi connectivity index (χ4n) is 1.06. The van der Waals surface area contributed by atoms with Gasteiger partial charge in [0.1, 0.15) is 18.6 Å². The van der Waals surface area contributed by atoms with Crippen LogP contribution in [-0.4, -0.2) is 9.97 Å². The molecule has 0 aliphatic heterocycles. The summed E-state index contributed by atoms with van der Waals surface area (Å²) >= 11 is 0. The maximum Gasteiger partial charge on any atom is 0.292 e. The molecule has 0 bridgehead atoms. The fraction of sp³-hybridized carbons (Fsp3) is 0.111. The molecule has 0 radical (unpaired) electrons. The Morgan fingerprint density at radius 3 is 2.71 bits per heavy atom. The van der Waals surface area contributed by atoms with Gasteiger partial charge in [0.05, 0.1) is 5.69 Å². The van der Waals surface area contributed by atoms with Gasteiger partial charge < -0.3 is 10.2 Å². The molecule has 2 aromatic rings. The van der Waals surface area contributed by atoms with Crippen LogP contribution in [0.5, 0.6) is 0 Å². The van der Waals surface area contributed by atoms with Gasteiger partial charge in [0.2, 0.25) is 0 Å². The lowest BCUT2D eigenvalue weighted by Crippen LogP contribution is -1.87. The van der Waals surface area contributed by atoms with E-state index in [4.69, 9.17) is 10.2 Å². The maximum absolute atomic E-state index is 12.2. The Balaban J connectivity index is 2.33. The Morgan fingerprint density at radius 2 is 2.21 bits per heavy atom. The van der Waals surface area contributed by atoms with Crippen molar-refractivity contribution in [2.75, 3.05) is 5.73 Å². The molecule has 4 nitrogen and oxygen atoms in total. The predicted octanol–water partition coefficient (Wildman–Crippen LogP) is 1.79. The minimum atomic E-state index is -0.520. The fourth-order valence-corrected chi connectivity index (χ4v) is 1.06. The lowest BCUT2D eigenvalue weighted by atomic mass is 10.2. The second-order valence-electron chi connectivity index (χ2n) is 2.76. The molecule has 0 aliphatic rings. The third kappa shape index (κ3) is 1.56. The molecular weight excluding hydrogens is 185 g/mol. The lowest BCUT2D eigenvalue weighted by Gasteiger charge is -1.95. The van der Waals surface area contributed by atoms with Gasteiger partial charge in [-0.3, -0.25) is 4.98 Å².